The molecule has 1 heterocycles. The highest BCUT2D eigenvalue weighted by Crippen LogP contribution is 2.36. The van der Waals surface area contributed by atoms with Gasteiger partial charge in [0.2, 0.25) is 0 Å². The van der Waals surface area contributed by atoms with E-state index < -0.39 is 6.10 Å². The Balaban J connectivity index is 2.32. The van der Waals surface area contributed by atoms with Gasteiger partial charge in [0.25, 0.3) is 0 Å². The van der Waals surface area contributed by atoms with Crippen LogP contribution in [0.1, 0.15) is 27.5 Å². The van der Waals surface area contributed by atoms with E-state index in [9.17, 15) is 5.11 Å². The number of rotatable bonds is 4. The van der Waals surface area contributed by atoms with Crippen molar-refractivity contribution in [3.05, 3.63) is 50.4 Å². The minimum atomic E-state index is -0.611. The maximum atomic E-state index is 10.4. The highest BCUT2D eigenvalue weighted by Gasteiger charge is 2.24. The van der Waals surface area contributed by atoms with Crippen LogP contribution in [-0.4, -0.2) is 16.6 Å². The van der Waals surface area contributed by atoms with Crippen LogP contribution < -0.4 is 5.73 Å². The molecule has 0 spiro atoms. The predicted molar refractivity (Wildman–Crippen MR) is 77.7 cm³/mol. The number of hydrogen-bond acceptors (Lipinski definition) is 4. The van der Waals surface area contributed by atoms with Gasteiger partial charge in [-0.15, -0.1) is 11.3 Å². The Labute approximate surface area is 119 Å². The van der Waals surface area contributed by atoms with Crippen molar-refractivity contribution in [1.82, 2.24) is 4.98 Å². The SMILES string of the molecule is Cc1ncc(C(O)C(CN)c2ccccc2Br)s1. The van der Waals surface area contributed by atoms with E-state index in [4.69, 9.17) is 5.73 Å². The Bertz CT molecular complexity index is 529. The summed E-state index contributed by atoms with van der Waals surface area (Å²) in [5, 5.41) is 11.4. The smallest absolute Gasteiger partial charge is 0.0978 e. The molecule has 0 saturated heterocycles. The van der Waals surface area contributed by atoms with E-state index in [0.717, 1.165) is 19.9 Å². The summed E-state index contributed by atoms with van der Waals surface area (Å²) in [6.07, 6.45) is 1.12. The van der Waals surface area contributed by atoms with Crippen LogP contribution in [0.3, 0.4) is 0 Å². The Hall–Kier alpha value is -0.750. The number of nitrogens with zero attached hydrogens (tertiary/aromatic N) is 1. The summed E-state index contributed by atoms with van der Waals surface area (Å²) in [6.45, 7) is 2.32. The zero-order valence-electron chi connectivity index (χ0n) is 10.0. The molecule has 0 aliphatic rings. The molecule has 3 N–H and O–H groups in total. The second-order valence-corrected chi connectivity index (χ2v) is 6.21. The fourth-order valence-electron chi connectivity index (χ4n) is 1.91. The van der Waals surface area contributed by atoms with E-state index in [1.807, 2.05) is 31.2 Å². The molecule has 18 heavy (non-hydrogen) atoms. The number of nitrogens with two attached hydrogens (primary N) is 1. The summed E-state index contributed by atoms with van der Waals surface area (Å²) in [4.78, 5) is 5.04. The van der Waals surface area contributed by atoms with E-state index in [2.05, 4.69) is 20.9 Å². The lowest BCUT2D eigenvalue weighted by molar-refractivity contribution is 0.150. The van der Waals surface area contributed by atoms with Crippen molar-refractivity contribution in [2.45, 2.75) is 18.9 Å². The lowest BCUT2D eigenvalue weighted by atomic mass is 9.93. The molecule has 3 nitrogen and oxygen atoms in total. The van der Waals surface area contributed by atoms with Crippen molar-refractivity contribution in [2.75, 3.05) is 6.54 Å². The van der Waals surface area contributed by atoms with Crippen LogP contribution in [0.4, 0.5) is 0 Å². The molecule has 0 aliphatic heterocycles. The number of aliphatic hydroxyl groups is 1. The number of hydrogen-bond donors (Lipinski definition) is 2. The van der Waals surface area contributed by atoms with Crippen LogP contribution in [0.15, 0.2) is 34.9 Å². The molecule has 0 saturated carbocycles. The van der Waals surface area contributed by atoms with Crippen LogP contribution in [0, 0.1) is 6.92 Å². The molecule has 5 heteroatoms. The monoisotopic (exact) mass is 326 g/mol. The van der Waals surface area contributed by atoms with E-state index in [-0.39, 0.29) is 5.92 Å². The van der Waals surface area contributed by atoms with Gasteiger partial charge in [-0.25, -0.2) is 4.98 Å². The van der Waals surface area contributed by atoms with Gasteiger partial charge in [-0.3, -0.25) is 0 Å². The Kier molecular flexibility index (Phi) is 4.50. The summed E-state index contributed by atoms with van der Waals surface area (Å²) in [5.74, 6) is -0.125. The second-order valence-electron chi connectivity index (χ2n) is 4.09. The van der Waals surface area contributed by atoms with Gasteiger partial charge in [0.15, 0.2) is 0 Å². The Morgan fingerprint density at radius 3 is 2.72 bits per heavy atom. The maximum Gasteiger partial charge on any atom is 0.0978 e. The first-order valence-electron chi connectivity index (χ1n) is 5.68. The number of aliphatic hydroxyl groups excluding tert-OH is 1. The van der Waals surface area contributed by atoms with Crippen LogP contribution in [0.25, 0.3) is 0 Å². The first-order valence-corrected chi connectivity index (χ1v) is 7.29. The molecule has 2 unspecified atom stereocenters. The van der Waals surface area contributed by atoms with E-state index in [1.54, 1.807) is 6.20 Å². The molecule has 96 valence electrons. The average Bonchev–Trinajstić information content (AvgIpc) is 2.79. The van der Waals surface area contributed by atoms with Crippen molar-refractivity contribution >= 4 is 27.3 Å². The highest BCUT2D eigenvalue weighted by atomic mass is 79.9. The van der Waals surface area contributed by atoms with Crippen molar-refractivity contribution < 1.29 is 5.11 Å². The maximum absolute atomic E-state index is 10.4. The zero-order valence-corrected chi connectivity index (χ0v) is 12.4. The molecule has 1 aromatic carbocycles. The van der Waals surface area contributed by atoms with Gasteiger partial charge in [-0.1, -0.05) is 34.1 Å². The van der Waals surface area contributed by atoms with Crippen LogP contribution in [0.2, 0.25) is 0 Å². The normalized spacial score (nSPS) is 14.4. The molecule has 2 aromatic rings. The lowest BCUT2D eigenvalue weighted by Gasteiger charge is -2.21. The fraction of sp³-hybridized carbons (Fsp3) is 0.308. The van der Waals surface area contributed by atoms with Gasteiger partial charge in [0.1, 0.15) is 0 Å². The number of aryl methyl sites for hydroxylation is 1. The summed E-state index contributed by atoms with van der Waals surface area (Å²) in [6, 6.07) is 7.85. The van der Waals surface area contributed by atoms with Gasteiger partial charge >= 0.3 is 0 Å². The minimum Gasteiger partial charge on any atom is -0.387 e. The van der Waals surface area contributed by atoms with E-state index in [0.29, 0.717) is 6.54 Å². The van der Waals surface area contributed by atoms with E-state index >= 15 is 0 Å². The number of halogens is 1. The van der Waals surface area contributed by atoms with Crippen LogP contribution >= 0.6 is 27.3 Å². The third-order valence-electron chi connectivity index (χ3n) is 2.87. The summed E-state index contributed by atoms with van der Waals surface area (Å²) in [5.41, 5.74) is 6.85. The number of benzene rings is 1. The lowest BCUT2D eigenvalue weighted by Crippen LogP contribution is -2.20. The minimum absolute atomic E-state index is 0.125. The van der Waals surface area contributed by atoms with Crippen LogP contribution in [-0.2, 0) is 0 Å². The fourth-order valence-corrected chi connectivity index (χ4v) is 3.33. The van der Waals surface area contributed by atoms with Crippen molar-refractivity contribution in [3.8, 4) is 0 Å². The largest absolute Gasteiger partial charge is 0.387 e. The molecular weight excluding hydrogens is 312 g/mol. The van der Waals surface area contributed by atoms with E-state index in [1.165, 1.54) is 11.3 Å². The van der Waals surface area contributed by atoms with Gasteiger partial charge in [-0.05, 0) is 18.6 Å². The van der Waals surface area contributed by atoms with Gasteiger partial charge in [0, 0.05) is 23.1 Å². The number of aromatic nitrogens is 1. The first-order chi connectivity index (χ1) is 8.63. The van der Waals surface area contributed by atoms with Gasteiger partial charge in [0.05, 0.1) is 16.0 Å². The molecule has 0 amide bonds. The second kappa shape index (κ2) is 5.93. The third-order valence-corrected chi connectivity index (χ3v) is 4.58. The Morgan fingerprint density at radius 2 is 2.17 bits per heavy atom. The van der Waals surface area contributed by atoms with Crippen molar-refractivity contribution in [3.63, 3.8) is 0 Å². The summed E-state index contributed by atoms with van der Waals surface area (Å²) in [7, 11) is 0. The quantitative estimate of drug-likeness (QED) is 0.908. The molecule has 0 bridgehead atoms. The van der Waals surface area contributed by atoms with Gasteiger partial charge < -0.3 is 10.8 Å². The molecule has 0 fully saturated rings. The molecule has 2 rings (SSSR count). The average molecular weight is 327 g/mol. The summed E-state index contributed by atoms with van der Waals surface area (Å²) < 4.78 is 0.973. The van der Waals surface area contributed by atoms with Crippen molar-refractivity contribution in [2.24, 2.45) is 5.73 Å². The zero-order chi connectivity index (χ0) is 13.1. The predicted octanol–water partition coefficient (Wildman–Crippen LogP) is 2.99. The van der Waals surface area contributed by atoms with Gasteiger partial charge in [-0.2, -0.15) is 0 Å². The highest BCUT2D eigenvalue weighted by molar-refractivity contribution is 9.10. The van der Waals surface area contributed by atoms with Crippen LogP contribution in [0.5, 0.6) is 0 Å². The topological polar surface area (TPSA) is 59.1 Å². The molecule has 0 radical (unpaired) electrons. The Morgan fingerprint density at radius 1 is 1.44 bits per heavy atom. The molecular formula is C13H15BrN2OS. The van der Waals surface area contributed by atoms with Crippen molar-refractivity contribution in [1.29, 1.82) is 0 Å². The number of thiazole rings is 1. The third kappa shape index (κ3) is 2.80. The molecule has 1 aromatic heterocycles. The summed E-state index contributed by atoms with van der Waals surface area (Å²) >= 11 is 5.01. The molecule has 2 atom stereocenters. The first kappa shape index (κ1) is 13.7. The standard InChI is InChI=1S/C13H15BrN2OS/c1-8-16-7-12(18-8)13(17)10(6-15)9-4-2-3-5-11(9)14/h2-5,7,10,13,17H,6,15H2,1H3. The molecule has 0 aliphatic carbocycles.